The van der Waals surface area contributed by atoms with Crippen molar-refractivity contribution in [1.29, 1.82) is 0 Å². The highest BCUT2D eigenvalue weighted by Crippen LogP contribution is 2.39. The third-order valence-corrected chi connectivity index (χ3v) is 7.80. The van der Waals surface area contributed by atoms with Crippen LogP contribution in [-0.4, -0.2) is 54.7 Å². The molecule has 8 nitrogen and oxygen atoms in total. The SMILES string of the molecule is CN1CCC(NS(=O)(=O)c2nc(Nc3c4c(cc5c3CCC5)CCC4)n[nH]2)CC1. The lowest BCUT2D eigenvalue weighted by molar-refractivity contribution is 0.248. The molecule has 3 aliphatic rings. The van der Waals surface area contributed by atoms with Crippen LogP contribution in [0.1, 0.15) is 47.9 Å². The van der Waals surface area contributed by atoms with Gasteiger partial charge in [0, 0.05) is 11.7 Å². The van der Waals surface area contributed by atoms with Crippen LogP contribution in [0, 0.1) is 0 Å². The van der Waals surface area contributed by atoms with Crippen LogP contribution in [-0.2, 0) is 35.7 Å². The zero-order valence-corrected chi connectivity index (χ0v) is 17.6. The molecule has 1 aliphatic heterocycles. The Kier molecular flexibility index (Phi) is 4.84. The van der Waals surface area contributed by atoms with E-state index in [-0.39, 0.29) is 11.2 Å². The van der Waals surface area contributed by atoms with E-state index < -0.39 is 10.0 Å². The van der Waals surface area contributed by atoms with E-state index in [4.69, 9.17) is 0 Å². The van der Waals surface area contributed by atoms with Crippen molar-refractivity contribution in [2.75, 3.05) is 25.5 Å². The second kappa shape index (κ2) is 7.37. The fourth-order valence-corrected chi connectivity index (χ4v) is 6.06. The number of benzene rings is 1. The number of anilines is 2. The van der Waals surface area contributed by atoms with Crippen LogP contribution in [0.25, 0.3) is 0 Å². The molecule has 1 fully saturated rings. The lowest BCUT2D eigenvalue weighted by Crippen LogP contribution is -2.43. The van der Waals surface area contributed by atoms with Gasteiger partial charge in [0.25, 0.3) is 15.2 Å². The van der Waals surface area contributed by atoms with Gasteiger partial charge in [0.1, 0.15) is 0 Å². The van der Waals surface area contributed by atoms with Gasteiger partial charge in [-0.15, -0.1) is 5.10 Å². The Labute approximate surface area is 171 Å². The second-order valence-corrected chi connectivity index (χ2v) is 10.2. The number of likely N-dealkylation sites (tertiary alicyclic amines) is 1. The monoisotopic (exact) mass is 416 g/mol. The maximum Gasteiger partial charge on any atom is 0.276 e. The van der Waals surface area contributed by atoms with E-state index in [2.05, 4.69) is 43.2 Å². The third-order valence-electron chi connectivity index (χ3n) is 6.47. The average molecular weight is 417 g/mol. The summed E-state index contributed by atoms with van der Waals surface area (Å²) in [6.07, 6.45) is 8.28. The van der Waals surface area contributed by atoms with Gasteiger partial charge >= 0.3 is 0 Å². The number of aryl methyl sites for hydroxylation is 2. The van der Waals surface area contributed by atoms with Crippen LogP contribution in [0.5, 0.6) is 0 Å². The first-order valence-corrected chi connectivity index (χ1v) is 12.0. The van der Waals surface area contributed by atoms with Gasteiger partial charge in [-0.2, -0.15) is 4.98 Å². The highest BCUT2D eigenvalue weighted by atomic mass is 32.2. The van der Waals surface area contributed by atoms with Crippen molar-refractivity contribution in [3.63, 3.8) is 0 Å². The van der Waals surface area contributed by atoms with E-state index in [0.29, 0.717) is 5.95 Å². The quantitative estimate of drug-likeness (QED) is 0.688. The van der Waals surface area contributed by atoms with E-state index in [9.17, 15) is 8.42 Å². The summed E-state index contributed by atoms with van der Waals surface area (Å²) in [4.78, 5) is 6.48. The van der Waals surface area contributed by atoms with Crippen LogP contribution >= 0.6 is 0 Å². The van der Waals surface area contributed by atoms with Crippen molar-refractivity contribution in [3.05, 3.63) is 28.3 Å². The number of H-pyrrole nitrogens is 1. The Hall–Kier alpha value is -1.97. The molecule has 0 bridgehead atoms. The summed E-state index contributed by atoms with van der Waals surface area (Å²) in [5.41, 5.74) is 6.65. The van der Waals surface area contributed by atoms with Gasteiger partial charge in [-0.05, 0) is 93.8 Å². The molecule has 0 atom stereocenters. The molecular formula is C20H28N6O2S. The smallest absolute Gasteiger partial charge is 0.276 e. The van der Waals surface area contributed by atoms with Gasteiger partial charge in [-0.25, -0.2) is 18.2 Å². The number of aromatic amines is 1. The molecular weight excluding hydrogens is 388 g/mol. The summed E-state index contributed by atoms with van der Waals surface area (Å²) in [5, 5.41) is 10.0. The maximum atomic E-state index is 12.7. The van der Waals surface area contributed by atoms with Crippen molar-refractivity contribution in [2.24, 2.45) is 0 Å². The lowest BCUT2D eigenvalue weighted by Gasteiger charge is -2.28. The highest BCUT2D eigenvalue weighted by Gasteiger charge is 2.28. The minimum Gasteiger partial charge on any atom is -0.322 e. The molecule has 9 heteroatoms. The molecule has 0 spiro atoms. The Balaban J connectivity index is 1.36. The second-order valence-electron chi connectivity index (χ2n) is 8.52. The number of nitrogens with zero attached hydrogens (tertiary/aromatic N) is 3. The van der Waals surface area contributed by atoms with Crippen molar-refractivity contribution >= 4 is 21.7 Å². The fourth-order valence-electron chi connectivity index (χ4n) is 4.90. The van der Waals surface area contributed by atoms with Gasteiger partial charge in [0.2, 0.25) is 5.95 Å². The molecule has 0 unspecified atom stereocenters. The minimum absolute atomic E-state index is 0.0571. The predicted molar refractivity (Wildman–Crippen MR) is 111 cm³/mol. The predicted octanol–water partition coefficient (Wildman–Crippen LogP) is 1.90. The molecule has 2 aromatic rings. The zero-order chi connectivity index (χ0) is 20.0. The Morgan fingerprint density at radius 1 is 1.07 bits per heavy atom. The van der Waals surface area contributed by atoms with Crippen molar-refractivity contribution < 1.29 is 8.42 Å². The Morgan fingerprint density at radius 3 is 2.38 bits per heavy atom. The summed E-state index contributed by atoms with van der Waals surface area (Å²) in [6, 6.07) is 2.31. The standard InChI is InChI=1S/C20H28N6O2S/c1-26-10-8-15(9-11-26)25-29(27,28)20-22-19(23-24-20)21-18-16-6-2-4-13(16)12-14-5-3-7-17(14)18/h12,15,25H,2-11H2,1H3,(H2,21,22,23,24). The summed E-state index contributed by atoms with van der Waals surface area (Å²) >= 11 is 0. The summed E-state index contributed by atoms with van der Waals surface area (Å²) in [7, 11) is -1.66. The molecule has 0 saturated carbocycles. The first-order valence-electron chi connectivity index (χ1n) is 10.6. The van der Waals surface area contributed by atoms with Crippen LogP contribution in [0.15, 0.2) is 11.2 Å². The van der Waals surface area contributed by atoms with Crippen molar-refractivity contribution in [1.82, 2.24) is 24.8 Å². The summed E-state index contributed by atoms with van der Waals surface area (Å²) < 4.78 is 28.2. The number of hydrogen-bond acceptors (Lipinski definition) is 6. The van der Waals surface area contributed by atoms with E-state index in [1.54, 1.807) is 0 Å². The minimum atomic E-state index is -3.71. The molecule has 2 aliphatic carbocycles. The summed E-state index contributed by atoms with van der Waals surface area (Å²) in [5.74, 6) is 0.322. The number of sulfonamides is 1. The number of fused-ring (bicyclic) bond motifs is 2. The first kappa shape index (κ1) is 19.0. The number of nitrogens with one attached hydrogen (secondary N) is 3. The number of rotatable bonds is 5. The fraction of sp³-hybridized carbons (Fsp3) is 0.600. The van der Waals surface area contributed by atoms with Crippen LogP contribution in [0.4, 0.5) is 11.6 Å². The Morgan fingerprint density at radius 2 is 1.72 bits per heavy atom. The molecule has 1 aromatic carbocycles. The van der Waals surface area contributed by atoms with Gasteiger partial charge in [-0.1, -0.05) is 6.07 Å². The van der Waals surface area contributed by atoms with E-state index in [1.165, 1.54) is 35.1 Å². The first-order chi connectivity index (χ1) is 14.0. The topological polar surface area (TPSA) is 103 Å². The van der Waals surface area contributed by atoms with E-state index in [1.807, 2.05) is 0 Å². The number of aromatic nitrogens is 3. The van der Waals surface area contributed by atoms with E-state index in [0.717, 1.165) is 57.3 Å². The van der Waals surface area contributed by atoms with Gasteiger partial charge in [-0.3, -0.25) is 0 Å². The molecule has 1 aromatic heterocycles. The van der Waals surface area contributed by atoms with Crippen LogP contribution < -0.4 is 10.0 Å². The zero-order valence-electron chi connectivity index (χ0n) is 16.8. The average Bonchev–Trinajstić information content (AvgIpc) is 3.43. The molecule has 156 valence electrons. The normalized spacial score (nSPS) is 20.0. The molecule has 0 radical (unpaired) electrons. The lowest BCUT2D eigenvalue weighted by atomic mass is 9.99. The Bertz CT molecular complexity index is 992. The van der Waals surface area contributed by atoms with Gasteiger partial charge < -0.3 is 10.2 Å². The molecule has 2 heterocycles. The molecule has 3 N–H and O–H groups in total. The van der Waals surface area contributed by atoms with Crippen LogP contribution in [0.3, 0.4) is 0 Å². The van der Waals surface area contributed by atoms with Gasteiger partial charge in [0.15, 0.2) is 0 Å². The highest BCUT2D eigenvalue weighted by molar-refractivity contribution is 7.89. The number of hydrogen-bond donors (Lipinski definition) is 3. The largest absolute Gasteiger partial charge is 0.322 e. The van der Waals surface area contributed by atoms with E-state index >= 15 is 0 Å². The molecule has 29 heavy (non-hydrogen) atoms. The number of piperidine rings is 1. The molecule has 5 rings (SSSR count). The van der Waals surface area contributed by atoms with Crippen molar-refractivity contribution in [3.8, 4) is 0 Å². The molecule has 1 saturated heterocycles. The maximum absolute atomic E-state index is 12.7. The summed E-state index contributed by atoms with van der Waals surface area (Å²) in [6.45, 7) is 1.78. The van der Waals surface area contributed by atoms with Crippen LogP contribution in [0.2, 0.25) is 0 Å². The van der Waals surface area contributed by atoms with Gasteiger partial charge in [0.05, 0.1) is 0 Å². The molecule has 0 amide bonds. The van der Waals surface area contributed by atoms with Crippen molar-refractivity contribution in [2.45, 2.75) is 62.6 Å². The third kappa shape index (κ3) is 3.67.